The van der Waals surface area contributed by atoms with E-state index in [2.05, 4.69) is 9.72 Å². The maximum absolute atomic E-state index is 11.8. The molecule has 0 fully saturated rings. The van der Waals surface area contributed by atoms with Crippen molar-refractivity contribution in [3.63, 3.8) is 0 Å². The Bertz CT molecular complexity index is 320. The van der Waals surface area contributed by atoms with Crippen molar-refractivity contribution in [3.05, 3.63) is 23.0 Å². The summed E-state index contributed by atoms with van der Waals surface area (Å²) >= 11 is 5.66. The van der Waals surface area contributed by atoms with E-state index < -0.39 is 12.7 Å². The van der Waals surface area contributed by atoms with Crippen molar-refractivity contribution in [2.75, 3.05) is 0 Å². The Morgan fingerprint density at radius 1 is 1.57 bits per heavy atom. The molecule has 6 heteroatoms. The van der Waals surface area contributed by atoms with Crippen LogP contribution in [0, 0.1) is 0 Å². The van der Waals surface area contributed by atoms with Crippen molar-refractivity contribution in [2.24, 2.45) is 0 Å². The predicted molar refractivity (Wildman–Crippen MR) is 46.5 cm³/mol. The SMILES string of the molecule is CC(O)c1ncc(OC(F)F)cc1Cl. The summed E-state index contributed by atoms with van der Waals surface area (Å²) in [6, 6.07) is 1.18. The molecule has 14 heavy (non-hydrogen) atoms. The first kappa shape index (κ1) is 11.1. The molecule has 1 rings (SSSR count). The van der Waals surface area contributed by atoms with E-state index in [4.69, 9.17) is 16.7 Å². The van der Waals surface area contributed by atoms with E-state index in [9.17, 15) is 8.78 Å². The number of aliphatic hydroxyl groups excluding tert-OH is 1. The molecule has 1 N–H and O–H groups in total. The fourth-order valence-corrected chi connectivity index (χ4v) is 1.22. The minimum atomic E-state index is -2.91. The van der Waals surface area contributed by atoms with Gasteiger partial charge in [0, 0.05) is 6.07 Å². The molecule has 0 aliphatic carbocycles. The molecule has 0 saturated carbocycles. The Hall–Kier alpha value is -0.940. The van der Waals surface area contributed by atoms with Gasteiger partial charge in [0.1, 0.15) is 5.75 Å². The largest absolute Gasteiger partial charge is 0.433 e. The van der Waals surface area contributed by atoms with Gasteiger partial charge in [-0.25, -0.2) is 0 Å². The van der Waals surface area contributed by atoms with Crippen molar-refractivity contribution in [3.8, 4) is 5.75 Å². The molecule has 1 aromatic heterocycles. The molecule has 3 nitrogen and oxygen atoms in total. The topological polar surface area (TPSA) is 42.4 Å². The van der Waals surface area contributed by atoms with E-state index in [1.165, 1.54) is 13.0 Å². The molecule has 1 unspecified atom stereocenters. The van der Waals surface area contributed by atoms with E-state index in [0.29, 0.717) is 0 Å². The number of hydrogen-bond donors (Lipinski definition) is 1. The number of rotatable bonds is 3. The summed E-state index contributed by atoms with van der Waals surface area (Å²) in [5, 5.41) is 9.24. The second-order valence-electron chi connectivity index (χ2n) is 2.59. The Balaban J connectivity index is 2.89. The van der Waals surface area contributed by atoms with Crippen LogP contribution in [-0.2, 0) is 0 Å². The van der Waals surface area contributed by atoms with Gasteiger partial charge in [0.05, 0.1) is 23.0 Å². The zero-order valence-corrected chi connectivity index (χ0v) is 8.00. The molecule has 0 saturated heterocycles. The monoisotopic (exact) mass is 223 g/mol. The van der Waals surface area contributed by atoms with Crippen molar-refractivity contribution < 1.29 is 18.6 Å². The lowest BCUT2D eigenvalue weighted by atomic mass is 10.2. The van der Waals surface area contributed by atoms with Crippen molar-refractivity contribution in [2.45, 2.75) is 19.6 Å². The minimum absolute atomic E-state index is 0.0955. The van der Waals surface area contributed by atoms with E-state index in [1.54, 1.807) is 0 Å². The number of aliphatic hydroxyl groups is 1. The standard InChI is InChI=1S/C8H8ClF2NO2/c1-4(13)7-6(9)2-5(3-12-7)14-8(10)11/h2-4,8,13H,1H3. The van der Waals surface area contributed by atoms with Gasteiger partial charge in [0.2, 0.25) is 0 Å². The number of ether oxygens (including phenoxy) is 1. The molecule has 1 aromatic rings. The van der Waals surface area contributed by atoms with Crippen molar-refractivity contribution >= 4 is 11.6 Å². The quantitative estimate of drug-likeness (QED) is 0.856. The van der Waals surface area contributed by atoms with E-state index >= 15 is 0 Å². The average Bonchev–Trinajstić information content (AvgIpc) is 2.01. The van der Waals surface area contributed by atoms with Crippen molar-refractivity contribution in [1.82, 2.24) is 4.98 Å². The fraction of sp³-hybridized carbons (Fsp3) is 0.375. The van der Waals surface area contributed by atoms with Crippen LogP contribution in [-0.4, -0.2) is 16.7 Å². The first-order valence-corrected chi connectivity index (χ1v) is 4.17. The lowest BCUT2D eigenvalue weighted by Crippen LogP contribution is -2.04. The van der Waals surface area contributed by atoms with Gasteiger partial charge >= 0.3 is 6.61 Å². The number of alkyl halides is 2. The minimum Gasteiger partial charge on any atom is -0.433 e. The van der Waals surface area contributed by atoms with Gasteiger partial charge in [-0.3, -0.25) is 4.98 Å². The highest BCUT2D eigenvalue weighted by atomic mass is 35.5. The number of nitrogens with zero attached hydrogens (tertiary/aromatic N) is 1. The van der Waals surface area contributed by atoms with E-state index in [0.717, 1.165) is 6.20 Å². The van der Waals surface area contributed by atoms with Crippen LogP contribution in [0.1, 0.15) is 18.7 Å². The molecule has 0 amide bonds. The van der Waals surface area contributed by atoms with Crippen molar-refractivity contribution in [1.29, 1.82) is 0 Å². The van der Waals surface area contributed by atoms with Gasteiger partial charge in [-0.1, -0.05) is 11.6 Å². The Kier molecular flexibility index (Phi) is 3.60. The molecule has 0 aliphatic rings. The third kappa shape index (κ3) is 2.78. The summed E-state index contributed by atoms with van der Waals surface area (Å²) < 4.78 is 27.6. The smallest absolute Gasteiger partial charge is 0.387 e. The molecule has 1 heterocycles. The normalized spacial score (nSPS) is 13.0. The maximum Gasteiger partial charge on any atom is 0.387 e. The molecule has 0 aromatic carbocycles. The van der Waals surface area contributed by atoms with E-state index in [-0.39, 0.29) is 16.5 Å². The van der Waals surface area contributed by atoms with Gasteiger partial charge in [0.15, 0.2) is 0 Å². The summed E-state index contributed by atoms with van der Waals surface area (Å²) in [5.41, 5.74) is 0.230. The zero-order valence-electron chi connectivity index (χ0n) is 7.25. The molecule has 0 aliphatic heterocycles. The summed E-state index contributed by atoms with van der Waals surface area (Å²) in [6.07, 6.45) is 0.239. The van der Waals surface area contributed by atoms with Crippen LogP contribution in [0.5, 0.6) is 5.75 Å². The van der Waals surface area contributed by atoms with Gasteiger partial charge < -0.3 is 9.84 Å². The molecule has 78 valence electrons. The second kappa shape index (κ2) is 4.52. The van der Waals surface area contributed by atoms with Gasteiger partial charge in [-0.05, 0) is 6.92 Å². The molecule has 1 atom stereocenters. The Morgan fingerprint density at radius 3 is 2.64 bits per heavy atom. The highest BCUT2D eigenvalue weighted by Gasteiger charge is 2.11. The van der Waals surface area contributed by atoms with Crippen LogP contribution < -0.4 is 4.74 Å². The number of aromatic nitrogens is 1. The van der Waals surface area contributed by atoms with Crippen LogP contribution in [0.2, 0.25) is 5.02 Å². The van der Waals surface area contributed by atoms with Crippen LogP contribution in [0.15, 0.2) is 12.3 Å². The predicted octanol–water partition coefficient (Wildman–Crippen LogP) is 2.39. The molecular formula is C8H8ClF2NO2. The van der Waals surface area contributed by atoms with Crippen LogP contribution in [0.4, 0.5) is 8.78 Å². The summed E-state index contributed by atoms with van der Waals surface area (Å²) in [6.45, 7) is -1.44. The van der Waals surface area contributed by atoms with Gasteiger partial charge in [-0.2, -0.15) is 8.78 Å². The third-order valence-corrected chi connectivity index (χ3v) is 1.77. The zero-order chi connectivity index (χ0) is 10.7. The first-order valence-electron chi connectivity index (χ1n) is 3.79. The Morgan fingerprint density at radius 2 is 2.21 bits per heavy atom. The second-order valence-corrected chi connectivity index (χ2v) is 3.00. The lowest BCUT2D eigenvalue weighted by Gasteiger charge is -2.08. The highest BCUT2D eigenvalue weighted by Crippen LogP contribution is 2.25. The van der Waals surface area contributed by atoms with Crippen LogP contribution in [0.3, 0.4) is 0 Å². The Labute approximate surface area is 84.3 Å². The fourth-order valence-electron chi connectivity index (χ4n) is 0.906. The molecule has 0 bridgehead atoms. The van der Waals surface area contributed by atoms with E-state index in [1.807, 2.05) is 0 Å². The molecule has 0 radical (unpaired) electrons. The van der Waals surface area contributed by atoms with Crippen LogP contribution >= 0.6 is 11.6 Å². The molecular weight excluding hydrogens is 216 g/mol. The van der Waals surface area contributed by atoms with Crippen LogP contribution in [0.25, 0.3) is 0 Å². The molecule has 0 spiro atoms. The summed E-state index contributed by atoms with van der Waals surface area (Å²) in [5.74, 6) is -0.130. The number of halogens is 3. The third-order valence-electron chi connectivity index (χ3n) is 1.47. The maximum atomic E-state index is 11.8. The number of hydrogen-bond acceptors (Lipinski definition) is 3. The first-order chi connectivity index (χ1) is 6.50. The van der Waals surface area contributed by atoms with Gasteiger partial charge in [-0.15, -0.1) is 0 Å². The van der Waals surface area contributed by atoms with Gasteiger partial charge in [0.25, 0.3) is 0 Å². The average molecular weight is 224 g/mol. The number of pyridine rings is 1. The summed E-state index contributed by atoms with van der Waals surface area (Å²) in [4.78, 5) is 3.69. The summed E-state index contributed by atoms with van der Waals surface area (Å²) in [7, 11) is 0. The highest BCUT2D eigenvalue weighted by molar-refractivity contribution is 6.31. The lowest BCUT2D eigenvalue weighted by molar-refractivity contribution is -0.0501.